The van der Waals surface area contributed by atoms with Gasteiger partial charge in [0.25, 0.3) is 5.56 Å². The van der Waals surface area contributed by atoms with E-state index in [1.165, 1.54) is 0 Å². The molecule has 0 aliphatic heterocycles. The maximum absolute atomic E-state index is 12.4. The monoisotopic (exact) mass is 468 g/mol. The third-order valence-electron chi connectivity index (χ3n) is 4.18. The number of hydrogen-bond donors (Lipinski definition) is 1. The normalized spacial score (nSPS) is 11.2. The summed E-state index contributed by atoms with van der Waals surface area (Å²) in [6, 6.07) is 7.72. The van der Waals surface area contributed by atoms with Gasteiger partial charge < -0.3 is 9.30 Å². The molecule has 1 N–H and O–H groups in total. The van der Waals surface area contributed by atoms with Gasteiger partial charge in [-0.2, -0.15) is 0 Å². The van der Waals surface area contributed by atoms with Crippen LogP contribution in [0.1, 0.15) is 32.5 Å². The average Bonchev–Trinajstić information content (AvgIpc) is 2.99. The molecule has 1 aromatic carbocycles. The molecule has 0 unspecified atom stereocenters. The maximum atomic E-state index is 12.4. The molecule has 0 spiro atoms. The number of halogens is 1. The summed E-state index contributed by atoms with van der Waals surface area (Å²) in [7, 11) is 0. The summed E-state index contributed by atoms with van der Waals surface area (Å²) in [6.45, 7) is 5.32. The van der Waals surface area contributed by atoms with Crippen LogP contribution in [0, 0.1) is 3.57 Å². The third kappa shape index (κ3) is 3.69. The highest BCUT2D eigenvalue weighted by molar-refractivity contribution is 14.1. The van der Waals surface area contributed by atoms with Crippen LogP contribution >= 0.6 is 22.6 Å². The largest absolute Gasteiger partial charge is 0.486 e. The van der Waals surface area contributed by atoms with Gasteiger partial charge in [-0.1, -0.05) is 19.4 Å². The van der Waals surface area contributed by atoms with Gasteiger partial charge in [0.15, 0.2) is 11.2 Å². The molecular weight excluding hydrogens is 447 g/mol. The molecule has 26 heavy (non-hydrogen) atoms. The number of aromatic nitrogens is 4. The molecule has 0 amide bonds. The van der Waals surface area contributed by atoms with Crippen LogP contribution in [0.2, 0.25) is 0 Å². The molecule has 0 saturated carbocycles. The first kappa shape index (κ1) is 18.7. The number of imidazole rings is 1. The summed E-state index contributed by atoms with van der Waals surface area (Å²) >= 11 is 2.23. The quantitative estimate of drug-likeness (QED) is 0.541. The standard InChI is InChI=1S/C18H21IN4O3/c1-3-5-9-23-16-15(17(24)21-18(23)25)22(4-2)14(20-16)11-26-13-8-6-7-12(19)10-13/h6-8,10H,3-5,9,11H2,1-2H3,(H,21,24,25). The van der Waals surface area contributed by atoms with Crippen LogP contribution in [-0.4, -0.2) is 19.1 Å². The Labute approximate surface area is 164 Å². The van der Waals surface area contributed by atoms with E-state index in [4.69, 9.17) is 4.74 Å². The van der Waals surface area contributed by atoms with Crippen LogP contribution in [0.15, 0.2) is 33.9 Å². The number of aryl methyl sites for hydroxylation is 2. The van der Waals surface area contributed by atoms with Crippen molar-refractivity contribution >= 4 is 33.8 Å². The molecule has 0 atom stereocenters. The number of aromatic amines is 1. The van der Waals surface area contributed by atoms with Crippen molar-refractivity contribution in [1.82, 2.24) is 19.1 Å². The highest BCUT2D eigenvalue weighted by Gasteiger charge is 2.18. The Hall–Kier alpha value is -2.10. The second-order valence-corrected chi connectivity index (χ2v) is 7.20. The molecule has 8 heteroatoms. The lowest BCUT2D eigenvalue weighted by Crippen LogP contribution is -2.31. The van der Waals surface area contributed by atoms with Crippen LogP contribution in [-0.2, 0) is 19.7 Å². The van der Waals surface area contributed by atoms with E-state index >= 15 is 0 Å². The lowest BCUT2D eigenvalue weighted by Gasteiger charge is -2.08. The van der Waals surface area contributed by atoms with Crippen molar-refractivity contribution in [2.75, 3.05) is 0 Å². The smallest absolute Gasteiger partial charge is 0.330 e. The Morgan fingerprint density at radius 1 is 1.23 bits per heavy atom. The van der Waals surface area contributed by atoms with Crippen LogP contribution in [0.3, 0.4) is 0 Å². The van der Waals surface area contributed by atoms with Crippen molar-refractivity contribution in [1.29, 1.82) is 0 Å². The molecule has 0 fully saturated rings. The van der Waals surface area contributed by atoms with E-state index in [2.05, 4.69) is 39.5 Å². The Balaban J connectivity index is 2.04. The zero-order valence-corrected chi connectivity index (χ0v) is 16.9. The molecule has 0 aliphatic rings. The molecule has 0 radical (unpaired) electrons. The van der Waals surface area contributed by atoms with Crippen molar-refractivity contribution in [3.05, 3.63) is 54.5 Å². The number of hydrogen-bond acceptors (Lipinski definition) is 4. The Morgan fingerprint density at radius 2 is 2.04 bits per heavy atom. The van der Waals surface area contributed by atoms with Crippen molar-refractivity contribution in [2.24, 2.45) is 0 Å². The zero-order chi connectivity index (χ0) is 18.7. The highest BCUT2D eigenvalue weighted by Crippen LogP contribution is 2.18. The molecule has 138 valence electrons. The highest BCUT2D eigenvalue weighted by atomic mass is 127. The maximum Gasteiger partial charge on any atom is 0.330 e. The van der Waals surface area contributed by atoms with Crippen LogP contribution in [0.4, 0.5) is 0 Å². The van der Waals surface area contributed by atoms with E-state index in [1.807, 2.05) is 35.8 Å². The van der Waals surface area contributed by atoms with Crippen molar-refractivity contribution in [3.63, 3.8) is 0 Å². The number of fused-ring (bicyclic) bond motifs is 1. The predicted molar refractivity (Wildman–Crippen MR) is 109 cm³/mol. The zero-order valence-electron chi connectivity index (χ0n) is 14.8. The van der Waals surface area contributed by atoms with Crippen molar-refractivity contribution in [3.8, 4) is 5.75 Å². The minimum Gasteiger partial charge on any atom is -0.486 e. The van der Waals surface area contributed by atoms with Gasteiger partial charge in [-0.15, -0.1) is 0 Å². The van der Waals surface area contributed by atoms with Crippen molar-refractivity contribution in [2.45, 2.75) is 46.4 Å². The van der Waals surface area contributed by atoms with E-state index in [9.17, 15) is 9.59 Å². The first-order chi connectivity index (χ1) is 12.5. The molecular formula is C18H21IN4O3. The summed E-state index contributed by atoms with van der Waals surface area (Å²) in [4.78, 5) is 31.6. The Bertz CT molecular complexity index is 1040. The average molecular weight is 468 g/mol. The van der Waals surface area contributed by atoms with Crippen LogP contribution in [0.5, 0.6) is 5.75 Å². The number of unbranched alkanes of at least 4 members (excludes halogenated alkanes) is 1. The molecule has 7 nitrogen and oxygen atoms in total. The second-order valence-electron chi connectivity index (χ2n) is 5.96. The number of H-pyrrole nitrogens is 1. The molecule has 2 aromatic heterocycles. The Morgan fingerprint density at radius 3 is 2.73 bits per heavy atom. The summed E-state index contributed by atoms with van der Waals surface area (Å²) in [6.07, 6.45) is 1.79. The molecule has 0 saturated heterocycles. The summed E-state index contributed by atoms with van der Waals surface area (Å²) in [5.41, 5.74) is 0.0223. The lowest BCUT2D eigenvalue weighted by molar-refractivity contribution is 0.290. The number of nitrogens with zero attached hydrogens (tertiary/aromatic N) is 3. The van der Waals surface area contributed by atoms with Gasteiger partial charge in [-0.3, -0.25) is 14.3 Å². The van der Waals surface area contributed by atoms with Gasteiger partial charge >= 0.3 is 5.69 Å². The molecule has 3 aromatic rings. The molecule has 0 bridgehead atoms. The number of nitrogens with one attached hydrogen (secondary N) is 1. The van der Waals surface area contributed by atoms with E-state index in [0.717, 1.165) is 22.2 Å². The summed E-state index contributed by atoms with van der Waals surface area (Å²) < 4.78 is 10.3. The fraction of sp³-hybridized carbons (Fsp3) is 0.389. The van der Waals surface area contributed by atoms with Gasteiger partial charge in [-0.05, 0) is 54.1 Å². The van der Waals surface area contributed by atoms with Crippen molar-refractivity contribution < 1.29 is 4.74 Å². The van der Waals surface area contributed by atoms with Gasteiger partial charge in [0.05, 0.1) is 0 Å². The summed E-state index contributed by atoms with van der Waals surface area (Å²) in [5.74, 6) is 1.37. The van der Waals surface area contributed by atoms with Gasteiger partial charge in [-0.25, -0.2) is 9.78 Å². The first-order valence-electron chi connectivity index (χ1n) is 8.65. The third-order valence-corrected chi connectivity index (χ3v) is 4.85. The number of rotatable bonds is 7. The second kappa shape index (κ2) is 8.07. The van der Waals surface area contributed by atoms with E-state index in [0.29, 0.717) is 30.1 Å². The van der Waals surface area contributed by atoms with E-state index in [1.54, 1.807) is 4.57 Å². The van der Waals surface area contributed by atoms with E-state index < -0.39 is 11.2 Å². The number of ether oxygens (including phenoxy) is 1. The Kier molecular flexibility index (Phi) is 5.80. The van der Waals surface area contributed by atoms with Crippen LogP contribution in [0.25, 0.3) is 11.2 Å². The molecule has 2 heterocycles. The van der Waals surface area contributed by atoms with E-state index in [-0.39, 0.29) is 6.61 Å². The minimum atomic E-state index is -0.415. The predicted octanol–water partition coefficient (Wildman–Crippen LogP) is 2.89. The topological polar surface area (TPSA) is 81.9 Å². The van der Waals surface area contributed by atoms with Gasteiger partial charge in [0, 0.05) is 16.7 Å². The van der Waals surface area contributed by atoms with Gasteiger partial charge in [0.1, 0.15) is 18.2 Å². The lowest BCUT2D eigenvalue weighted by atomic mass is 10.3. The SMILES string of the molecule is CCCCn1c(=O)[nH]c(=O)c2c1nc(COc1cccc(I)c1)n2CC. The summed E-state index contributed by atoms with van der Waals surface area (Å²) in [5, 5.41) is 0. The fourth-order valence-electron chi connectivity index (χ4n) is 2.90. The van der Waals surface area contributed by atoms with Gasteiger partial charge in [0.2, 0.25) is 0 Å². The molecule has 0 aliphatic carbocycles. The van der Waals surface area contributed by atoms with Crippen LogP contribution < -0.4 is 16.0 Å². The fourth-order valence-corrected chi connectivity index (χ4v) is 3.41. The first-order valence-corrected chi connectivity index (χ1v) is 9.73. The number of benzene rings is 1. The minimum absolute atomic E-state index is 0.226. The molecule has 3 rings (SSSR count).